The molecule has 0 spiro atoms. The van der Waals surface area contributed by atoms with Gasteiger partial charge in [0.1, 0.15) is 5.75 Å². The number of phenols is 1. The summed E-state index contributed by atoms with van der Waals surface area (Å²) in [7, 11) is 0. The van der Waals surface area contributed by atoms with Gasteiger partial charge < -0.3 is 10.4 Å². The molecule has 2 N–H and O–H groups in total. The van der Waals surface area contributed by atoms with E-state index in [9.17, 15) is 9.90 Å². The molecule has 1 fully saturated rings. The lowest BCUT2D eigenvalue weighted by Gasteiger charge is -2.26. The Kier molecular flexibility index (Phi) is 5.05. The van der Waals surface area contributed by atoms with Crippen LogP contribution in [0.15, 0.2) is 18.2 Å². The third-order valence-electron chi connectivity index (χ3n) is 4.37. The molecule has 0 atom stereocenters. The van der Waals surface area contributed by atoms with Crippen LogP contribution in [0, 0.1) is 18.8 Å². The van der Waals surface area contributed by atoms with E-state index in [2.05, 4.69) is 12.2 Å². The van der Waals surface area contributed by atoms with E-state index in [1.807, 2.05) is 13.0 Å². The number of amides is 1. The Hall–Kier alpha value is -1.51. The van der Waals surface area contributed by atoms with Crippen LogP contribution in [0.4, 0.5) is 0 Å². The summed E-state index contributed by atoms with van der Waals surface area (Å²) in [5.41, 5.74) is 1.32. The molecular formula is C17H25NO2. The number of aromatic hydroxyl groups is 1. The average Bonchev–Trinajstić information content (AvgIpc) is 2.41. The molecule has 1 aliphatic carbocycles. The molecule has 0 aliphatic heterocycles. The fourth-order valence-corrected chi connectivity index (χ4v) is 2.94. The predicted octanol–water partition coefficient (Wildman–Crippen LogP) is 3.65. The monoisotopic (exact) mass is 275 g/mol. The molecule has 1 amide bonds. The molecule has 0 unspecified atom stereocenters. The first-order valence-electron chi connectivity index (χ1n) is 7.64. The first-order chi connectivity index (χ1) is 9.56. The van der Waals surface area contributed by atoms with Gasteiger partial charge in [-0.1, -0.05) is 38.7 Å². The van der Waals surface area contributed by atoms with Gasteiger partial charge in [-0.25, -0.2) is 0 Å². The van der Waals surface area contributed by atoms with Crippen LogP contribution >= 0.6 is 0 Å². The van der Waals surface area contributed by atoms with Gasteiger partial charge in [0.15, 0.2) is 0 Å². The van der Waals surface area contributed by atoms with Crippen molar-refractivity contribution in [3.8, 4) is 5.75 Å². The van der Waals surface area contributed by atoms with Crippen molar-refractivity contribution in [1.82, 2.24) is 5.32 Å². The molecule has 1 aromatic rings. The van der Waals surface area contributed by atoms with Crippen LogP contribution in [-0.2, 0) is 0 Å². The van der Waals surface area contributed by atoms with Crippen molar-refractivity contribution in [3.05, 3.63) is 29.3 Å². The third kappa shape index (κ3) is 3.99. The molecule has 20 heavy (non-hydrogen) atoms. The quantitative estimate of drug-likeness (QED) is 0.881. The standard InChI is InChI=1S/C17H25NO2/c1-12-3-6-14(7-4-12)9-10-18-17(20)15-8-5-13(2)11-16(15)19/h5,8,11-12,14,19H,3-4,6-7,9-10H2,1-2H3,(H,18,20). The van der Waals surface area contributed by atoms with Gasteiger partial charge in [0.2, 0.25) is 0 Å². The fraction of sp³-hybridized carbons (Fsp3) is 0.588. The highest BCUT2D eigenvalue weighted by atomic mass is 16.3. The molecule has 1 saturated carbocycles. The van der Waals surface area contributed by atoms with Gasteiger partial charge in [-0.2, -0.15) is 0 Å². The van der Waals surface area contributed by atoms with Gasteiger partial charge in [-0.3, -0.25) is 4.79 Å². The second kappa shape index (κ2) is 6.78. The highest BCUT2D eigenvalue weighted by Crippen LogP contribution is 2.30. The maximum atomic E-state index is 12.0. The van der Waals surface area contributed by atoms with Crippen LogP contribution in [0.5, 0.6) is 5.75 Å². The van der Waals surface area contributed by atoms with Crippen molar-refractivity contribution < 1.29 is 9.90 Å². The van der Waals surface area contributed by atoms with Gasteiger partial charge >= 0.3 is 0 Å². The minimum absolute atomic E-state index is 0.0639. The van der Waals surface area contributed by atoms with Crippen LogP contribution in [-0.4, -0.2) is 17.6 Å². The zero-order valence-corrected chi connectivity index (χ0v) is 12.5. The number of phenolic OH excluding ortho intramolecular Hbond substituents is 1. The number of carbonyl (C=O) groups is 1. The molecular weight excluding hydrogens is 250 g/mol. The van der Waals surface area contributed by atoms with E-state index in [0.717, 1.165) is 23.8 Å². The Morgan fingerprint density at radius 3 is 2.65 bits per heavy atom. The van der Waals surface area contributed by atoms with Crippen LogP contribution in [0.3, 0.4) is 0 Å². The number of aryl methyl sites for hydroxylation is 1. The Morgan fingerprint density at radius 1 is 1.30 bits per heavy atom. The third-order valence-corrected chi connectivity index (χ3v) is 4.37. The molecule has 0 bridgehead atoms. The topological polar surface area (TPSA) is 49.3 Å². The fourth-order valence-electron chi connectivity index (χ4n) is 2.94. The minimum atomic E-state index is -0.174. The number of carbonyl (C=O) groups excluding carboxylic acids is 1. The zero-order chi connectivity index (χ0) is 14.5. The summed E-state index contributed by atoms with van der Waals surface area (Å²) >= 11 is 0. The van der Waals surface area contributed by atoms with Gasteiger partial charge in [-0.05, 0) is 42.9 Å². The largest absolute Gasteiger partial charge is 0.507 e. The van der Waals surface area contributed by atoms with Crippen LogP contribution in [0.2, 0.25) is 0 Å². The molecule has 1 aliphatic rings. The second-order valence-electron chi connectivity index (χ2n) is 6.19. The summed E-state index contributed by atoms with van der Waals surface area (Å²) in [5, 5.41) is 12.7. The first kappa shape index (κ1) is 14.9. The number of hydrogen-bond donors (Lipinski definition) is 2. The maximum Gasteiger partial charge on any atom is 0.255 e. The highest BCUT2D eigenvalue weighted by molar-refractivity contribution is 5.96. The molecule has 1 aromatic carbocycles. The Morgan fingerprint density at radius 2 is 2.00 bits per heavy atom. The molecule has 0 aromatic heterocycles. The lowest BCUT2D eigenvalue weighted by Crippen LogP contribution is -2.27. The molecule has 2 rings (SSSR count). The normalized spacial score (nSPS) is 22.5. The van der Waals surface area contributed by atoms with E-state index in [-0.39, 0.29) is 11.7 Å². The smallest absolute Gasteiger partial charge is 0.255 e. The summed E-state index contributed by atoms with van der Waals surface area (Å²) in [4.78, 5) is 12.0. The van der Waals surface area contributed by atoms with E-state index in [1.165, 1.54) is 25.7 Å². The van der Waals surface area contributed by atoms with Crippen molar-refractivity contribution >= 4 is 5.91 Å². The van der Waals surface area contributed by atoms with Crippen molar-refractivity contribution in [2.75, 3.05) is 6.54 Å². The zero-order valence-electron chi connectivity index (χ0n) is 12.5. The van der Waals surface area contributed by atoms with Crippen LogP contribution < -0.4 is 5.32 Å². The lowest BCUT2D eigenvalue weighted by molar-refractivity contribution is 0.0947. The summed E-state index contributed by atoms with van der Waals surface area (Å²) in [6, 6.07) is 5.15. The summed E-state index contributed by atoms with van der Waals surface area (Å²) in [6.45, 7) is 4.91. The maximum absolute atomic E-state index is 12.0. The van der Waals surface area contributed by atoms with E-state index < -0.39 is 0 Å². The van der Waals surface area contributed by atoms with Gasteiger partial charge in [0.25, 0.3) is 5.91 Å². The SMILES string of the molecule is Cc1ccc(C(=O)NCCC2CCC(C)CC2)c(O)c1. The van der Waals surface area contributed by atoms with E-state index in [1.54, 1.807) is 12.1 Å². The summed E-state index contributed by atoms with van der Waals surface area (Å²) in [6.07, 6.45) is 6.25. The van der Waals surface area contributed by atoms with E-state index >= 15 is 0 Å². The Bertz CT molecular complexity index is 462. The number of benzene rings is 1. The Balaban J connectivity index is 1.77. The summed E-state index contributed by atoms with van der Waals surface area (Å²) < 4.78 is 0. The molecule has 0 saturated heterocycles. The van der Waals surface area contributed by atoms with Gasteiger partial charge in [-0.15, -0.1) is 0 Å². The molecule has 0 radical (unpaired) electrons. The van der Waals surface area contributed by atoms with Crippen molar-refractivity contribution in [3.63, 3.8) is 0 Å². The number of rotatable bonds is 4. The molecule has 3 nitrogen and oxygen atoms in total. The average molecular weight is 275 g/mol. The van der Waals surface area contributed by atoms with Crippen molar-refractivity contribution in [2.24, 2.45) is 11.8 Å². The van der Waals surface area contributed by atoms with Gasteiger partial charge in [0.05, 0.1) is 5.56 Å². The Labute approximate surface area is 121 Å². The second-order valence-corrected chi connectivity index (χ2v) is 6.19. The predicted molar refractivity (Wildman–Crippen MR) is 80.9 cm³/mol. The first-order valence-corrected chi connectivity index (χ1v) is 7.64. The number of hydrogen-bond acceptors (Lipinski definition) is 2. The minimum Gasteiger partial charge on any atom is -0.507 e. The summed E-state index contributed by atoms with van der Waals surface area (Å²) in [5.74, 6) is 1.50. The lowest BCUT2D eigenvalue weighted by atomic mass is 9.81. The van der Waals surface area contributed by atoms with Gasteiger partial charge in [0, 0.05) is 6.54 Å². The number of nitrogens with one attached hydrogen (secondary N) is 1. The van der Waals surface area contributed by atoms with Crippen molar-refractivity contribution in [2.45, 2.75) is 46.0 Å². The molecule has 3 heteroatoms. The van der Waals surface area contributed by atoms with E-state index in [4.69, 9.17) is 0 Å². The van der Waals surface area contributed by atoms with E-state index in [0.29, 0.717) is 12.1 Å². The highest BCUT2D eigenvalue weighted by Gasteiger charge is 2.18. The molecule has 110 valence electrons. The van der Waals surface area contributed by atoms with Crippen molar-refractivity contribution in [1.29, 1.82) is 0 Å². The molecule has 0 heterocycles. The van der Waals surface area contributed by atoms with Crippen LogP contribution in [0.25, 0.3) is 0 Å². The van der Waals surface area contributed by atoms with Crippen LogP contribution in [0.1, 0.15) is 54.9 Å².